The number of nitrogens with one attached hydrogen (secondary N) is 1. The first kappa shape index (κ1) is 13.2. The minimum atomic E-state index is -0.384. The highest BCUT2D eigenvalue weighted by Crippen LogP contribution is 2.36. The minimum absolute atomic E-state index is 0.0763. The Morgan fingerprint density at radius 2 is 1.90 bits per heavy atom. The molecule has 0 spiro atoms. The number of nitrogens with zero attached hydrogens (tertiary/aromatic N) is 1. The Morgan fingerprint density at radius 3 is 2.60 bits per heavy atom. The summed E-state index contributed by atoms with van der Waals surface area (Å²) in [7, 11) is 1.63. The number of carbonyl (C=O) groups excluding carboxylic acids is 2. The summed E-state index contributed by atoms with van der Waals surface area (Å²) in [4.78, 5) is 26.6. The van der Waals surface area contributed by atoms with Crippen LogP contribution >= 0.6 is 0 Å². The number of anilines is 1. The standard InChI is InChI=1S/C16H20N2O2/c1-17-15(19)14-10-12-8-4-5-9-13(12)18(14)16(20)11-6-2-3-7-11/h4-5,8-9,11,14H,2-3,6-7,10H2,1H3,(H,17,19)/t14-/m1/s1. The summed E-state index contributed by atoms with van der Waals surface area (Å²) in [5.41, 5.74) is 2.01. The van der Waals surface area contributed by atoms with E-state index in [1.165, 1.54) is 0 Å². The number of hydrogen-bond donors (Lipinski definition) is 1. The van der Waals surface area contributed by atoms with Crippen molar-refractivity contribution in [3.05, 3.63) is 29.8 Å². The van der Waals surface area contributed by atoms with Crippen LogP contribution in [0.3, 0.4) is 0 Å². The smallest absolute Gasteiger partial charge is 0.243 e. The Hall–Kier alpha value is -1.84. The fraction of sp³-hybridized carbons (Fsp3) is 0.500. The molecular weight excluding hydrogens is 252 g/mol. The van der Waals surface area contributed by atoms with Crippen molar-refractivity contribution in [3.8, 4) is 0 Å². The van der Waals surface area contributed by atoms with Gasteiger partial charge in [0, 0.05) is 25.1 Å². The van der Waals surface area contributed by atoms with Gasteiger partial charge in [-0.3, -0.25) is 14.5 Å². The van der Waals surface area contributed by atoms with E-state index < -0.39 is 0 Å². The number of benzene rings is 1. The van der Waals surface area contributed by atoms with Crippen LogP contribution in [0.25, 0.3) is 0 Å². The minimum Gasteiger partial charge on any atom is -0.357 e. The van der Waals surface area contributed by atoms with Crippen LogP contribution < -0.4 is 10.2 Å². The van der Waals surface area contributed by atoms with Crippen LogP contribution in [0.2, 0.25) is 0 Å². The number of fused-ring (bicyclic) bond motifs is 1. The molecule has 4 heteroatoms. The molecule has 1 N–H and O–H groups in total. The third kappa shape index (κ3) is 2.09. The molecule has 1 saturated carbocycles. The summed E-state index contributed by atoms with van der Waals surface area (Å²) in [5.74, 6) is 0.141. The quantitative estimate of drug-likeness (QED) is 0.893. The van der Waals surface area contributed by atoms with E-state index >= 15 is 0 Å². The first-order valence-corrected chi connectivity index (χ1v) is 7.35. The largest absolute Gasteiger partial charge is 0.357 e. The van der Waals surface area contributed by atoms with Gasteiger partial charge in [0.2, 0.25) is 11.8 Å². The van der Waals surface area contributed by atoms with Gasteiger partial charge < -0.3 is 5.32 Å². The van der Waals surface area contributed by atoms with Crippen molar-refractivity contribution in [2.45, 2.75) is 38.1 Å². The van der Waals surface area contributed by atoms with Crippen molar-refractivity contribution in [1.29, 1.82) is 0 Å². The lowest BCUT2D eigenvalue weighted by molar-refractivity contribution is -0.127. The summed E-state index contributed by atoms with van der Waals surface area (Å²) in [6.45, 7) is 0. The van der Waals surface area contributed by atoms with E-state index in [1.54, 1.807) is 11.9 Å². The van der Waals surface area contributed by atoms with Gasteiger partial charge in [0.05, 0.1) is 0 Å². The molecule has 0 unspecified atom stereocenters. The monoisotopic (exact) mass is 272 g/mol. The van der Waals surface area contributed by atoms with Gasteiger partial charge in [-0.2, -0.15) is 0 Å². The number of carbonyl (C=O) groups is 2. The molecule has 0 radical (unpaired) electrons. The van der Waals surface area contributed by atoms with E-state index in [0.717, 1.165) is 36.9 Å². The zero-order valence-corrected chi connectivity index (χ0v) is 11.8. The number of hydrogen-bond acceptors (Lipinski definition) is 2. The molecule has 0 saturated heterocycles. The molecule has 1 aromatic rings. The van der Waals surface area contributed by atoms with E-state index in [9.17, 15) is 9.59 Å². The van der Waals surface area contributed by atoms with Gasteiger partial charge in [0.25, 0.3) is 0 Å². The Kier molecular flexibility index (Phi) is 3.47. The molecule has 1 atom stereocenters. The number of likely N-dealkylation sites (N-methyl/N-ethyl adjacent to an activating group) is 1. The highest BCUT2D eigenvalue weighted by Gasteiger charge is 2.40. The van der Waals surface area contributed by atoms with Crippen LogP contribution in [0.4, 0.5) is 5.69 Å². The molecule has 0 aromatic heterocycles. The highest BCUT2D eigenvalue weighted by atomic mass is 16.2. The molecule has 1 aliphatic carbocycles. The molecule has 3 rings (SSSR count). The Morgan fingerprint density at radius 1 is 1.20 bits per heavy atom. The second-order valence-electron chi connectivity index (χ2n) is 5.65. The SMILES string of the molecule is CNC(=O)[C@H]1Cc2ccccc2N1C(=O)C1CCCC1. The molecule has 1 aromatic carbocycles. The van der Waals surface area contributed by atoms with E-state index in [-0.39, 0.29) is 23.8 Å². The van der Waals surface area contributed by atoms with Crippen molar-refractivity contribution in [1.82, 2.24) is 5.32 Å². The Balaban J connectivity index is 1.94. The van der Waals surface area contributed by atoms with Crippen LogP contribution in [0, 0.1) is 5.92 Å². The predicted octanol–water partition coefficient (Wildman–Crippen LogP) is 1.88. The van der Waals surface area contributed by atoms with E-state index in [4.69, 9.17) is 0 Å². The Labute approximate surface area is 119 Å². The van der Waals surface area contributed by atoms with Crippen LogP contribution in [-0.4, -0.2) is 24.9 Å². The number of rotatable bonds is 2. The fourth-order valence-corrected chi connectivity index (χ4v) is 3.40. The second kappa shape index (κ2) is 5.27. The van der Waals surface area contributed by atoms with Crippen LogP contribution in [0.5, 0.6) is 0 Å². The van der Waals surface area contributed by atoms with Crippen LogP contribution in [0.1, 0.15) is 31.2 Å². The summed E-state index contributed by atoms with van der Waals surface area (Å²) in [6.07, 6.45) is 4.78. The average molecular weight is 272 g/mol. The maximum atomic E-state index is 12.8. The van der Waals surface area contributed by atoms with Crippen molar-refractivity contribution in [2.24, 2.45) is 5.92 Å². The van der Waals surface area contributed by atoms with Gasteiger partial charge >= 0.3 is 0 Å². The number of amides is 2. The molecule has 1 fully saturated rings. The van der Waals surface area contributed by atoms with Gasteiger partial charge in [0.1, 0.15) is 6.04 Å². The maximum Gasteiger partial charge on any atom is 0.243 e. The molecule has 0 bridgehead atoms. The average Bonchev–Trinajstić information content (AvgIpc) is 3.12. The lowest BCUT2D eigenvalue weighted by Gasteiger charge is -2.27. The summed E-state index contributed by atoms with van der Waals surface area (Å²) < 4.78 is 0. The third-order valence-electron chi connectivity index (χ3n) is 4.47. The lowest BCUT2D eigenvalue weighted by atomic mass is 10.1. The summed E-state index contributed by atoms with van der Waals surface area (Å²) in [5, 5.41) is 2.68. The molecule has 1 heterocycles. The fourth-order valence-electron chi connectivity index (χ4n) is 3.40. The molecule has 4 nitrogen and oxygen atoms in total. The number of para-hydroxylation sites is 1. The molecule has 106 valence electrons. The molecular formula is C16H20N2O2. The Bertz CT molecular complexity index is 535. The van der Waals surface area contributed by atoms with Gasteiger partial charge in [-0.05, 0) is 24.5 Å². The summed E-state index contributed by atoms with van der Waals surface area (Å²) in [6, 6.07) is 7.47. The van der Waals surface area contributed by atoms with Crippen molar-refractivity contribution < 1.29 is 9.59 Å². The first-order valence-electron chi connectivity index (χ1n) is 7.35. The summed E-state index contributed by atoms with van der Waals surface area (Å²) >= 11 is 0. The zero-order valence-electron chi connectivity index (χ0n) is 11.8. The van der Waals surface area contributed by atoms with Crippen molar-refractivity contribution in [3.63, 3.8) is 0 Å². The van der Waals surface area contributed by atoms with E-state index in [2.05, 4.69) is 5.32 Å². The third-order valence-corrected chi connectivity index (χ3v) is 4.47. The molecule has 20 heavy (non-hydrogen) atoms. The van der Waals surface area contributed by atoms with Crippen LogP contribution in [0.15, 0.2) is 24.3 Å². The van der Waals surface area contributed by atoms with Gasteiger partial charge in [-0.15, -0.1) is 0 Å². The van der Waals surface area contributed by atoms with Gasteiger partial charge in [0.15, 0.2) is 0 Å². The second-order valence-corrected chi connectivity index (χ2v) is 5.65. The van der Waals surface area contributed by atoms with Crippen molar-refractivity contribution in [2.75, 3.05) is 11.9 Å². The van der Waals surface area contributed by atoms with E-state index in [0.29, 0.717) is 6.42 Å². The van der Waals surface area contributed by atoms with Crippen LogP contribution in [-0.2, 0) is 16.0 Å². The van der Waals surface area contributed by atoms with E-state index in [1.807, 2.05) is 24.3 Å². The van der Waals surface area contributed by atoms with Crippen molar-refractivity contribution >= 4 is 17.5 Å². The normalized spacial score (nSPS) is 21.9. The molecule has 2 amide bonds. The maximum absolute atomic E-state index is 12.8. The molecule has 1 aliphatic heterocycles. The topological polar surface area (TPSA) is 49.4 Å². The predicted molar refractivity (Wildman–Crippen MR) is 77.4 cm³/mol. The van der Waals surface area contributed by atoms with Gasteiger partial charge in [-0.1, -0.05) is 31.0 Å². The lowest BCUT2D eigenvalue weighted by Crippen LogP contribution is -2.48. The zero-order chi connectivity index (χ0) is 14.1. The first-order chi connectivity index (χ1) is 9.72. The van der Waals surface area contributed by atoms with Gasteiger partial charge in [-0.25, -0.2) is 0 Å². The highest BCUT2D eigenvalue weighted by molar-refractivity contribution is 6.04. The molecule has 2 aliphatic rings.